The van der Waals surface area contributed by atoms with Crippen molar-refractivity contribution in [3.8, 4) is 0 Å². The molecule has 0 spiro atoms. The Labute approximate surface area is 140 Å². The van der Waals surface area contributed by atoms with Gasteiger partial charge in [-0.25, -0.2) is 4.79 Å². The van der Waals surface area contributed by atoms with Gasteiger partial charge >= 0.3 is 57.4 Å². The molecule has 1 N–H and O–H groups in total. The minimum absolute atomic E-state index is 0. The summed E-state index contributed by atoms with van der Waals surface area (Å²) in [5.41, 5.74) is 0.583. The second-order valence-corrected chi connectivity index (χ2v) is 3.29. The van der Waals surface area contributed by atoms with Gasteiger partial charge in [-0.15, -0.1) is 0 Å². The smallest absolute Gasteiger partial charge is 1.00 e. The summed E-state index contributed by atoms with van der Waals surface area (Å²) in [5.74, 6) is -0.278. The molecular weight excluding hydrogens is 231 g/mol. The molecule has 0 aromatic heterocycles. The monoisotopic (exact) mass is 248 g/mol. The van der Waals surface area contributed by atoms with Crippen LogP contribution in [0.5, 0.6) is 0 Å². The number of carbonyl (C=O) groups excluding carboxylic acids is 1. The van der Waals surface area contributed by atoms with Gasteiger partial charge in [-0.2, -0.15) is 0 Å². The van der Waals surface area contributed by atoms with Crippen LogP contribution in [0.3, 0.4) is 0 Å². The van der Waals surface area contributed by atoms with Crippen LogP contribution in [0.15, 0.2) is 30.3 Å². The van der Waals surface area contributed by atoms with Crippen molar-refractivity contribution >= 4 is 5.97 Å². The number of unbranched alkanes of at least 4 members (excludes halogenated alkanes) is 2. The number of rotatable bonds is 6. The van der Waals surface area contributed by atoms with Gasteiger partial charge in [0.25, 0.3) is 0 Å². The van der Waals surface area contributed by atoms with E-state index in [1.54, 1.807) is 12.1 Å². The number of aliphatic hydroxyl groups is 1. The first-order valence-corrected chi connectivity index (χ1v) is 5.17. The molecule has 16 heavy (non-hydrogen) atoms. The Morgan fingerprint density at radius 1 is 1.19 bits per heavy atom. The summed E-state index contributed by atoms with van der Waals surface area (Å²) >= 11 is 0. The van der Waals surface area contributed by atoms with Crippen molar-refractivity contribution in [1.82, 2.24) is 0 Å². The number of esters is 1. The summed E-state index contributed by atoms with van der Waals surface area (Å²) < 4.78 is 5.05. The van der Waals surface area contributed by atoms with Crippen LogP contribution in [0.4, 0.5) is 0 Å². The molecule has 0 atom stereocenters. The van der Waals surface area contributed by atoms with Gasteiger partial charge in [0.15, 0.2) is 0 Å². The fourth-order valence-corrected chi connectivity index (χ4v) is 1.21. The number of benzene rings is 1. The molecule has 1 aromatic rings. The van der Waals surface area contributed by atoms with Gasteiger partial charge in [-0.05, 0) is 31.4 Å². The molecule has 0 radical (unpaired) electrons. The van der Waals surface area contributed by atoms with Crippen molar-refractivity contribution in [1.29, 1.82) is 0 Å². The Hall–Kier alpha value is 0.286. The summed E-state index contributed by atoms with van der Waals surface area (Å²) in [5, 5.41) is 8.55. The van der Waals surface area contributed by atoms with Crippen molar-refractivity contribution in [2.75, 3.05) is 13.2 Å². The van der Waals surface area contributed by atoms with Gasteiger partial charge in [-0.1, -0.05) is 18.2 Å². The minimum atomic E-state index is -0.278. The van der Waals surface area contributed by atoms with E-state index in [1.165, 1.54) is 0 Å². The molecule has 0 bridgehead atoms. The molecule has 4 heteroatoms. The summed E-state index contributed by atoms with van der Waals surface area (Å²) in [6.45, 7) is 0.625. The third-order valence-electron chi connectivity index (χ3n) is 2.05. The van der Waals surface area contributed by atoms with Crippen LogP contribution >= 0.6 is 0 Å². The molecule has 1 rings (SSSR count). The van der Waals surface area contributed by atoms with Gasteiger partial charge in [0, 0.05) is 6.61 Å². The zero-order valence-electron chi connectivity index (χ0n) is 10.7. The molecule has 0 saturated carbocycles. The fourth-order valence-electron chi connectivity index (χ4n) is 1.21. The van der Waals surface area contributed by atoms with E-state index in [-0.39, 0.29) is 65.4 Å². The van der Waals surface area contributed by atoms with E-state index in [1.807, 2.05) is 18.2 Å². The van der Waals surface area contributed by atoms with Crippen molar-refractivity contribution in [3.63, 3.8) is 0 Å². The van der Waals surface area contributed by atoms with Crippen molar-refractivity contribution < 1.29 is 67.4 Å². The topological polar surface area (TPSA) is 46.5 Å². The summed E-state index contributed by atoms with van der Waals surface area (Å²) in [4.78, 5) is 11.4. The van der Waals surface area contributed by atoms with Gasteiger partial charge in [0.1, 0.15) is 0 Å². The molecule has 0 saturated heterocycles. The normalized spacial score (nSPS) is 9.31. The van der Waals surface area contributed by atoms with E-state index < -0.39 is 0 Å². The standard InChI is InChI=1S/C12H16O3.K.H/c13-9-5-2-6-10-15-12(14)11-7-3-1-4-8-11;;/h1,3-4,7-8,13H,2,5-6,9-10H2;;/q;+1;-1. The predicted octanol–water partition coefficient (Wildman–Crippen LogP) is -0.877. The number of carbonyl (C=O) groups is 1. The fraction of sp³-hybridized carbons (Fsp3) is 0.417. The van der Waals surface area contributed by atoms with Crippen LogP contribution in [-0.4, -0.2) is 24.3 Å². The molecule has 0 aliphatic rings. The van der Waals surface area contributed by atoms with E-state index in [4.69, 9.17) is 9.84 Å². The second kappa shape index (κ2) is 10.4. The van der Waals surface area contributed by atoms with Gasteiger partial charge in [-0.3, -0.25) is 0 Å². The molecule has 0 aliphatic heterocycles. The maximum absolute atomic E-state index is 11.4. The van der Waals surface area contributed by atoms with E-state index in [2.05, 4.69) is 0 Å². The minimum Gasteiger partial charge on any atom is -1.00 e. The summed E-state index contributed by atoms with van der Waals surface area (Å²) in [6, 6.07) is 8.94. The third-order valence-corrected chi connectivity index (χ3v) is 2.05. The molecule has 0 amide bonds. The summed E-state index contributed by atoms with van der Waals surface area (Å²) in [7, 11) is 0. The molecule has 0 heterocycles. The second-order valence-electron chi connectivity index (χ2n) is 3.29. The van der Waals surface area contributed by atoms with Gasteiger partial charge in [0.2, 0.25) is 0 Å². The van der Waals surface area contributed by atoms with Crippen LogP contribution in [0.25, 0.3) is 0 Å². The first-order valence-electron chi connectivity index (χ1n) is 5.17. The van der Waals surface area contributed by atoms with E-state index in [9.17, 15) is 4.79 Å². The Bertz CT molecular complexity index is 293. The predicted molar refractivity (Wildman–Crippen MR) is 58.8 cm³/mol. The maximum Gasteiger partial charge on any atom is 1.00 e. The summed E-state index contributed by atoms with van der Waals surface area (Å²) in [6.07, 6.45) is 2.46. The number of hydrogen-bond donors (Lipinski definition) is 1. The molecule has 0 unspecified atom stereocenters. The van der Waals surface area contributed by atoms with Gasteiger partial charge < -0.3 is 11.3 Å². The molecule has 84 valence electrons. The van der Waals surface area contributed by atoms with E-state index in [0.717, 1.165) is 19.3 Å². The Morgan fingerprint density at radius 2 is 1.88 bits per heavy atom. The largest absolute Gasteiger partial charge is 1.00 e. The number of aliphatic hydroxyl groups excluding tert-OH is 1. The van der Waals surface area contributed by atoms with Crippen molar-refractivity contribution in [2.24, 2.45) is 0 Å². The Morgan fingerprint density at radius 3 is 2.50 bits per heavy atom. The molecule has 3 nitrogen and oxygen atoms in total. The zero-order valence-corrected chi connectivity index (χ0v) is 12.8. The van der Waals surface area contributed by atoms with Crippen LogP contribution in [0.2, 0.25) is 0 Å². The number of ether oxygens (including phenoxy) is 1. The average molecular weight is 248 g/mol. The molecular formula is C12H17KO3. The van der Waals surface area contributed by atoms with Crippen molar-refractivity contribution in [3.05, 3.63) is 35.9 Å². The average Bonchev–Trinajstić information content (AvgIpc) is 2.30. The van der Waals surface area contributed by atoms with Crippen LogP contribution in [0, 0.1) is 0 Å². The Balaban J connectivity index is 0. The quantitative estimate of drug-likeness (QED) is 0.404. The van der Waals surface area contributed by atoms with Crippen LogP contribution < -0.4 is 51.4 Å². The maximum atomic E-state index is 11.4. The zero-order chi connectivity index (χ0) is 10.9. The molecule has 1 aromatic carbocycles. The van der Waals surface area contributed by atoms with Gasteiger partial charge in [0.05, 0.1) is 12.2 Å². The Kier molecular flexibility index (Phi) is 10.6. The van der Waals surface area contributed by atoms with E-state index >= 15 is 0 Å². The first kappa shape index (κ1) is 16.3. The molecule has 0 fully saturated rings. The first-order chi connectivity index (χ1) is 7.34. The van der Waals surface area contributed by atoms with Crippen molar-refractivity contribution in [2.45, 2.75) is 19.3 Å². The molecule has 0 aliphatic carbocycles. The SMILES string of the molecule is O=C(OCCCCCO)c1ccccc1.[H-].[K+]. The number of hydrogen-bond acceptors (Lipinski definition) is 3. The van der Waals surface area contributed by atoms with Crippen LogP contribution in [0.1, 0.15) is 31.0 Å². The third kappa shape index (κ3) is 6.78. The van der Waals surface area contributed by atoms with E-state index in [0.29, 0.717) is 12.2 Å². The van der Waals surface area contributed by atoms with Crippen LogP contribution in [-0.2, 0) is 4.74 Å².